The van der Waals surface area contributed by atoms with Crippen molar-refractivity contribution in [3.8, 4) is 16.9 Å². The average Bonchev–Trinajstić information content (AvgIpc) is 2.87. The first-order valence-corrected chi connectivity index (χ1v) is 12.6. The maximum absolute atomic E-state index is 14.7. The Kier molecular flexibility index (Phi) is 8.48. The van der Waals surface area contributed by atoms with Crippen molar-refractivity contribution in [2.45, 2.75) is 57.5 Å². The largest absolute Gasteiger partial charge is 0.429 e. The molecule has 1 saturated carbocycles. The summed E-state index contributed by atoms with van der Waals surface area (Å²) < 4.78 is 101. The highest BCUT2D eigenvalue weighted by molar-refractivity contribution is 5.67. The van der Waals surface area contributed by atoms with E-state index in [4.69, 9.17) is 0 Å². The maximum Gasteiger partial charge on any atom is 0.419 e. The van der Waals surface area contributed by atoms with Crippen LogP contribution in [0.25, 0.3) is 17.2 Å². The molecule has 0 bridgehead atoms. The van der Waals surface area contributed by atoms with E-state index in [0.717, 1.165) is 30.9 Å². The number of ether oxygens (including phenoxy) is 1. The summed E-state index contributed by atoms with van der Waals surface area (Å²) in [6.45, 7) is 2.20. The zero-order valence-electron chi connectivity index (χ0n) is 20.7. The molecule has 1 aliphatic rings. The fraction of sp³-hybridized carbons (Fsp3) is 0.333. The summed E-state index contributed by atoms with van der Waals surface area (Å²) in [6.07, 6.45) is 3.41. The van der Waals surface area contributed by atoms with Gasteiger partial charge < -0.3 is 4.74 Å². The number of alkyl halides is 2. The van der Waals surface area contributed by atoms with Crippen molar-refractivity contribution < 1.29 is 35.5 Å². The van der Waals surface area contributed by atoms with Crippen molar-refractivity contribution >= 4 is 6.08 Å². The normalized spacial score (nSPS) is 18.2. The molecule has 0 heterocycles. The van der Waals surface area contributed by atoms with Gasteiger partial charge in [-0.2, -0.15) is 8.78 Å². The van der Waals surface area contributed by atoms with Crippen LogP contribution in [-0.2, 0) is 0 Å². The first kappa shape index (κ1) is 27.7. The monoisotopic (exact) mass is 536 g/mol. The van der Waals surface area contributed by atoms with E-state index in [0.29, 0.717) is 17.6 Å². The predicted molar refractivity (Wildman–Crippen MR) is 132 cm³/mol. The lowest BCUT2D eigenvalue weighted by Gasteiger charge is -2.28. The van der Waals surface area contributed by atoms with E-state index in [9.17, 15) is 30.7 Å². The van der Waals surface area contributed by atoms with Gasteiger partial charge in [-0.25, -0.2) is 22.0 Å². The Morgan fingerprint density at radius 3 is 1.92 bits per heavy atom. The molecule has 1 fully saturated rings. The first-order valence-electron chi connectivity index (χ1n) is 12.6. The molecule has 0 saturated heterocycles. The van der Waals surface area contributed by atoms with Crippen molar-refractivity contribution in [3.05, 3.63) is 94.8 Å². The Balaban J connectivity index is 1.46. The fourth-order valence-electron chi connectivity index (χ4n) is 5.01. The fourth-order valence-corrected chi connectivity index (χ4v) is 5.01. The zero-order valence-corrected chi connectivity index (χ0v) is 20.7. The summed E-state index contributed by atoms with van der Waals surface area (Å²) >= 11 is 0. The molecule has 0 amide bonds. The maximum atomic E-state index is 14.7. The van der Waals surface area contributed by atoms with Crippen LogP contribution in [0.4, 0.5) is 30.7 Å². The molecule has 3 aromatic carbocycles. The molecular formula is C30H27F7O. The van der Waals surface area contributed by atoms with Crippen LogP contribution < -0.4 is 4.74 Å². The number of halogens is 7. The number of hydrogen-bond acceptors (Lipinski definition) is 1. The number of rotatable bonds is 8. The Hall–Kier alpha value is -3.29. The van der Waals surface area contributed by atoms with Gasteiger partial charge in [0.15, 0.2) is 17.5 Å². The second-order valence-electron chi connectivity index (χ2n) is 9.68. The van der Waals surface area contributed by atoms with Crippen LogP contribution in [0.3, 0.4) is 0 Å². The highest BCUT2D eigenvalue weighted by atomic mass is 19.3. The Morgan fingerprint density at radius 2 is 1.37 bits per heavy atom. The van der Waals surface area contributed by atoms with Crippen LogP contribution in [0.15, 0.2) is 54.6 Å². The summed E-state index contributed by atoms with van der Waals surface area (Å²) in [5, 5.41) is 0. The van der Waals surface area contributed by atoms with Gasteiger partial charge in [0.25, 0.3) is 0 Å². The SMILES string of the molecule is CCCC1CCC(c2ccc(-c3cc(F)c(/C=C/C(F)(F)Oc4cc(F)c(F)c(F)c4)c(F)c3)cc2)CC1. The molecule has 0 radical (unpaired) electrons. The minimum absolute atomic E-state index is 0.0391. The van der Waals surface area contributed by atoms with Gasteiger partial charge in [-0.15, -0.1) is 0 Å². The van der Waals surface area contributed by atoms with Gasteiger partial charge in [0, 0.05) is 23.8 Å². The summed E-state index contributed by atoms with van der Waals surface area (Å²) in [6, 6.07) is 10.1. The molecule has 0 aromatic heterocycles. The van der Waals surface area contributed by atoms with E-state index in [1.807, 2.05) is 12.1 Å². The quantitative estimate of drug-likeness (QED) is 0.206. The smallest absolute Gasteiger partial charge is 0.419 e. The van der Waals surface area contributed by atoms with E-state index in [1.54, 1.807) is 12.1 Å². The molecule has 0 aliphatic heterocycles. The van der Waals surface area contributed by atoms with E-state index < -0.39 is 46.5 Å². The molecule has 202 valence electrons. The van der Waals surface area contributed by atoms with Crippen molar-refractivity contribution in [3.63, 3.8) is 0 Å². The van der Waals surface area contributed by atoms with Crippen molar-refractivity contribution in [2.24, 2.45) is 5.92 Å². The van der Waals surface area contributed by atoms with Crippen molar-refractivity contribution in [1.29, 1.82) is 0 Å². The second kappa shape index (κ2) is 11.6. The lowest BCUT2D eigenvalue weighted by atomic mass is 9.77. The van der Waals surface area contributed by atoms with Gasteiger partial charge in [-0.05, 0) is 72.4 Å². The third-order valence-electron chi connectivity index (χ3n) is 6.99. The van der Waals surface area contributed by atoms with E-state index in [2.05, 4.69) is 11.7 Å². The first-order chi connectivity index (χ1) is 18.1. The third kappa shape index (κ3) is 6.58. The Bertz CT molecular complexity index is 1250. The van der Waals surface area contributed by atoms with E-state index >= 15 is 0 Å². The third-order valence-corrected chi connectivity index (χ3v) is 6.99. The van der Waals surface area contributed by atoms with Gasteiger partial charge >= 0.3 is 6.11 Å². The number of benzene rings is 3. The zero-order chi connectivity index (χ0) is 27.4. The highest BCUT2D eigenvalue weighted by Crippen LogP contribution is 2.38. The van der Waals surface area contributed by atoms with Gasteiger partial charge in [-0.1, -0.05) is 44.0 Å². The Morgan fingerprint density at radius 1 is 0.789 bits per heavy atom. The summed E-state index contributed by atoms with van der Waals surface area (Å²) in [7, 11) is 0. The van der Waals surface area contributed by atoms with Crippen molar-refractivity contribution in [1.82, 2.24) is 0 Å². The Labute approximate surface area is 217 Å². The topological polar surface area (TPSA) is 9.23 Å². The molecule has 0 atom stereocenters. The van der Waals surface area contributed by atoms with Crippen LogP contribution in [0, 0.1) is 35.0 Å². The predicted octanol–water partition coefficient (Wildman–Crippen LogP) is 9.81. The molecule has 0 unspecified atom stereocenters. The summed E-state index contributed by atoms with van der Waals surface area (Å²) in [4.78, 5) is 0. The minimum Gasteiger partial charge on any atom is -0.429 e. The minimum atomic E-state index is -4.19. The summed E-state index contributed by atoms with van der Waals surface area (Å²) in [5.74, 6) is -7.19. The molecule has 1 nitrogen and oxygen atoms in total. The molecule has 4 rings (SSSR count). The lowest BCUT2D eigenvalue weighted by Crippen LogP contribution is -2.21. The van der Waals surface area contributed by atoms with Gasteiger partial charge in [-0.3, -0.25) is 0 Å². The van der Waals surface area contributed by atoms with Crippen LogP contribution in [0.2, 0.25) is 0 Å². The van der Waals surface area contributed by atoms with Crippen molar-refractivity contribution in [2.75, 3.05) is 0 Å². The van der Waals surface area contributed by atoms with Gasteiger partial charge in [0.05, 0.1) is 0 Å². The molecule has 8 heteroatoms. The second-order valence-corrected chi connectivity index (χ2v) is 9.68. The van der Waals surface area contributed by atoms with Crippen LogP contribution in [0.1, 0.15) is 62.5 Å². The van der Waals surface area contributed by atoms with E-state index in [-0.39, 0.29) is 23.8 Å². The molecule has 1 aliphatic carbocycles. The van der Waals surface area contributed by atoms with Crippen LogP contribution >= 0.6 is 0 Å². The molecule has 0 spiro atoms. The van der Waals surface area contributed by atoms with E-state index in [1.165, 1.54) is 31.2 Å². The molecule has 3 aromatic rings. The molecule has 0 N–H and O–H groups in total. The standard InChI is InChI=1S/C30H27F7O/c1-2-3-18-4-6-19(7-5-18)20-8-10-21(11-9-20)22-14-25(31)24(26(32)15-22)12-13-30(36,37)38-23-16-27(33)29(35)28(34)17-23/h8-19H,2-7H2,1H3/b13-12+. The molecule has 38 heavy (non-hydrogen) atoms. The highest BCUT2D eigenvalue weighted by Gasteiger charge is 2.29. The summed E-state index contributed by atoms with van der Waals surface area (Å²) in [5.41, 5.74) is 1.27. The molecular weight excluding hydrogens is 509 g/mol. The van der Waals surface area contributed by atoms with Gasteiger partial charge in [0.2, 0.25) is 0 Å². The lowest BCUT2D eigenvalue weighted by molar-refractivity contribution is -0.131. The van der Waals surface area contributed by atoms with Crippen LogP contribution in [0.5, 0.6) is 5.75 Å². The number of hydrogen-bond donors (Lipinski definition) is 0. The van der Waals surface area contributed by atoms with Crippen LogP contribution in [-0.4, -0.2) is 6.11 Å². The van der Waals surface area contributed by atoms with Gasteiger partial charge in [0.1, 0.15) is 17.4 Å². The average molecular weight is 537 g/mol.